The van der Waals surface area contributed by atoms with Gasteiger partial charge in [-0.25, -0.2) is 0 Å². The van der Waals surface area contributed by atoms with Gasteiger partial charge in [-0.3, -0.25) is 0 Å². The molecular weight excluding hydrogens is 146 g/mol. The quantitative estimate of drug-likeness (QED) is 0.569. The number of nitrogens with zero attached hydrogens (tertiary/aromatic N) is 1. The van der Waals surface area contributed by atoms with Crippen LogP contribution in [0.3, 0.4) is 0 Å². The molecular formula is C11H21N. The summed E-state index contributed by atoms with van der Waals surface area (Å²) in [5, 5.41) is 0. The zero-order chi connectivity index (χ0) is 9.56. The standard InChI is InChI=1S/C11H21N/c1-6-7-10(2)8-11(3)9-12(4)5/h6,8,11H,1,7,9H2,2-5H3. The second-order valence-corrected chi connectivity index (χ2v) is 3.75. The van der Waals surface area contributed by atoms with Crippen LogP contribution in [-0.2, 0) is 0 Å². The summed E-state index contributed by atoms with van der Waals surface area (Å²) in [7, 11) is 4.21. The molecule has 0 aromatic rings. The molecule has 1 heteroatoms. The highest BCUT2D eigenvalue weighted by Crippen LogP contribution is 2.07. The Balaban J connectivity index is 3.86. The highest BCUT2D eigenvalue weighted by molar-refractivity contribution is 5.04. The second kappa shape index (κ2) is 6.01. The number of allylic oxidation sites excluding steroid dienone is 2. The van der Waals surface area contributed by atoms with Gasteiger partial charge in [0, 0.05) is 6.54 Å². The Bertz CT molecular complexity index is 156. The lowest BCUT2D eigenvalue weighted by Crippen LogP contribution is -2.18. The molecule has 0 heterocycles. The molecule has 0 saturated heterocycles. The van der Waals surface area contributed by atoms with Crippen molar-refractivity contribution in [1.82, 2.24) is 4.90 Å². The molecule has 1 unspecified atom stereocenters. The maximum Gasteiger partial charge on any atom is 0.00357 e. The third-order valence-electron chi connectivity index (χ3n) is 1.69. The first-order chi connectivity index (χ1) is 5.56. The molecule has 1 nitrogen and oxygen atoms in total. The van der Waals surface area contributed by atoms with Gasteiger partial charge < -0.3 is 4.90 Å². The largest absolute Gasteiger partial charge is 0.309 e. The second-order valence-electron chi connectivity index (χ2n) is 3.75. The zero-order valence-electron chi connectivity index (χ0n) is 8.80. The molecule has 70 valence electrons. The molecule has 0 N–H and O–H groups in total. The van der Waals surface area contributed by atoms with Crippen molar-refractivity contribution >= 4 is 0 Å². The lowest BCUT2D eigenvalue weighted by atomic mass is 10.1. The first-order valence-corrected chi connectivity index (χ1v) is 4.49. The number of rotatable bonds is 5. The summed E-state index contributed by atoms with van der Waals surface area (Å²) in [4.78, 5) is 2.21. The minimum atomic E-state index is 0.639. The molecule has 1 atom stereocenters. The molecule has 0 spiro atoms. The molecule has 0 amide bonds. The Morgan fingerprint density at radius 3 is 2.50 bits per heavy atom. The monoisotopic (exact) mass is 167 g/mol. The van der Waals surface area contributed by atoms with Crippen LogP contribution in [0.1, 0.15) is 20.3 Å². The minimum Gasteiger partial charge on any atom is -0.309 e. The Hall–Kier alpha value is -0.560. The van der Waals surface area contributed by atoms with E-state index >= 15 is 0 Å². The van der Waals surface area contributed by atoms with Gasteiger partial charge in [0.15, 0.2) is 0 Å². The summed E-state index contributed by atoms with van der Waals surface area (Å²) in [6, 6.07) is 0. The summed E-state index contributed by atoms with van der Waals surface area (Å²) in [5.74, 6) is 0.639. The van der Waals surface area contributed by atoms with Crippen molar-refractivity contribution in [3.63, 3.8) is 0 Å². The SMILES string of the molecule is C=CCC(C)=CC(C)CN(C)C. The van der Waals surface area contributed by atoms with Crippen LogP contribution in [0.15, 0.2) is 24.3 Å². The van der Waals surface area contributed by atoms with Crippen molar-refractivity contribution < 1.29 is 0 Å². The van der Waals surface area contributed by atoms with E-state index in [2.05, 4.69) is 45.5 Å². The first-order valence-electron chi connectivity index (χ1n) is 4.49. The Labute approximate surface area is 76.8 Å². The fourth-order valence-corrected chi connectivity index (χ4v) is 1.41. The van der Waals surface area contributed by atoms with E-state index in [1.54, 1.807) is 0 Å². The van der Waals surface area contributed by atoms with E-state index in [0.29, 0.717) is 5.92 Å². The summed E-state index contributed by atoms with van der Waals surface area (Å²) < 4.78 is 0. The Kier molecular flexibility index (Phi) is 5.73. The van der Waals surface area contributed by atoms with E-state index in [1.165, 1.54) is 5.57 Å². The van der Waals surface area contributed by atoms with Crippen LogP contribution in [0.2, 0.25) is 0 Å². The van der Waals surface area contributed by atoms with Crippen LogP contribution in [0.25, 0.3) is 0 Å². The third kappa shape index (κ3) is 6.17. The topological polar surface area (TPSA) is 3.24 Å². The van der Waals surface area contributed by atoms with Crippen molar-refractivity contribution in [3.8, 4) is 0 Å². The Morgan fingerprint density at radius 2 is 2.08 bits per heavy atom. The van der Waals surface area contributed by atoms with Crippen LogP contribution < -0.4 is 0 Å². The molecule has 0 radical (unpaired) electrons. The Morgan fingerprint density at radius 1 is 1.50 bits per heavy atom. The van der Waals surface area contributed by atoms with Crippen LogP contribution in [0.5, 0.6) is 0 Å². The van der Waals surface area contributed by atoms with Crippen molar-refractivity contribution in [2.75, 3.05) is 20.6 Å². The lowest BCUT2D eigenvalue weighted by Gasteiger charge is -2.14. The third-order valence-corrected chi connectivity index (χ3v) is 1.69. The van der Waals surface area contributed by atoms with Crippen molar-refractivity contribution in [2.24, 2.45) is 5.92 Å². The number of hydrogen-bond acceptors (Lipinski definition) is 1. The van der Waals surface area contributed by atoms with Gasteiger partial charge in [0.25, 0.3) is 0 Å². The van der Waals surface area contributed by atoms with Gasteiger partial charge in [-0.2, -0.15) is 0 Å². The zero-order valence-corrected chi connectivity index (χ0v) is 8.80. The van der Waals surface area contributed by atoms with E-state index in [1.807, 2.05) is 6.08 Å². The molecule has 0 aliphatic carbocycles. The first kappa shape index (κ1) is 11.4. The molecule has 0 bridgehead atoms. The van der Waals surface area contributed by atoms with E-state index in [0.717, 1.165) is 13.0 Å². The summed E-state index contributed by atoms with van der Waals surface area (Å²) in [6.07, 6.45) is 5.29. The van der Waals surface area contributed by atoms with E-state index < -0.39 is 0 Å². The van der Waals surface area contributed by atoms with E-state index in [9.17, 15) is 0 Å². The molecule has 12 heavy (non-hydrogen) atoms. The van der Waals surface area contributed by atoms with Gasteiger partial charge in [0.2, 0.25) is 0 Å². The lowest BCUT2D eigenvalue weighted by molar-refractivity contribution is 0.370. The van der Waals surface area contributed by atoms with Gasteiger partial charge in [-0.05, 0) is 33.4 Å². The minimum absolute atomic E-state index is 0.639. The van der Waals surface area contributed by atoms with Crippen molar-refractivity contribution in [1.29, 1.82) is 0 Å². The van der Waals surface area contributed by atoms with E-state index in [-0.39, 0.29) is 0 Å². The van der Waals surface area contributed by atoms with Crippen LogP contribution >= 0.6 is 0 Å². The highest BCUT2D eigenvalue weighted by atomic mass is 15.0. The smallest absolute Gasteiger partial charge is 0.00357 e. The van der Waals surface area contributed by atoms with Crippen LogP contribution in [-0.4, -0.2) is 25.5 Å². The molecule has 0 aliphatic rings. The predicted molar refractivity (Wildman–Crippen MR) is 56.3 cm³/mol. The van der Waals surface area contributed by atoms with Crippen LogP contribution in [0, 0.1) is 5.92 Å². The fourth-order valence-electron chi connectivity index (χ4n) is 1.41. The summed E-state index contributed by atoms with van der Waals surface area (Å²) in [6.45, 7) is 9.24. The van der Waals surface area contributed by atoms with Crippen molar-refractivity contribution in [2.45, 2.75) is 20.3 Å². The molecule has 0 aliphatic heterocycles. The average Bonchev–Trinajstić information content (AvgIpc) is 1.84. The predicted octanol–water partition coefficient (Wildman–Crippen LogP) is 2.71. The van der Waals surface area contributed by atoms with Gasteiger partial charge >= 0.3 is 0 Å². The maximum atomic E-state index is 3.72. The van der Waals surface area contributed by atoms with Gasteiger partial charge in [-0.1, -0.05) is 24.6 Å². The molecule has 0 fully saturated rings. The van der Waals surface area contributed by atoms with Crippen LogP contribution in [0.4, 0.5) is 0 Å². The molecule has 0 saturated carbocycles. The normalized spacial score (nSPS) is 14.9. The number of hydrogen-bond donors (Lipinski definition) is 0. The average molecular weight is 167 g/mol. The highest BCUT2D eigenvalue weighted by Gasteiger charge is 1.99. The molecule has 0 aromatic heterocycles. The van der Waals surface area contributed by atoms with Gasteiger partial charge in [0.05, 0.1) is 0 Å². The fraction of sp³-hybridized carbons (Fsp3) is 0.636. The molecule has 0 aromatic carbocycles. The van der Waals surface area contributed by atoms with Crippen molar-refractivity contribution in [3.05, 3.63) is 24.3 Å². The summed E-state index contributed by atoms with van der Waals surface area (Å²) >= 11 is 0. The maximum absolute atomic E-state index is 3.72. The summed E-state index contributed by atoms with van der Waals surface area (Å²) in [5.41, 5.74) is 1.42. The van der Waals surface area contributed by atoms with E-state index in [4.69, 9.17) is 0 Å². The van der Waals surface area contributed by atoms with Gasteiger partial charge in [0.1, 0.15) is 0 Å². The molecule has 0 rings (SSSR count). The van der Waals surface area contributed by atoms with Gasteiger partial charge in [-0.15, -0.1) is 6.58 Å².